The fourth-order valence-corrected chi connectivity index (χ4v) is 3.39. The molecule has 0 aliphatic heterocycles. The van der Waals surface area contributed by atoms with Crippen molar-refractivity contribution < 1.29 is 0 Å². The van der Waals surface area contributed by atoms with Crippen molar-refractivity contribution in [2.75, 3.05) is 26.7 Å². The molecule has 0 heterocycles. The van der Waals surface area contributed by atoms with Crippen molar-refractivity contribution in [3.05, 3.63) is 0 Å². The lowest BCUT2D eigenvalue weighted by Gasteiger charge is -2.43. The van der Waals surface area contributed by atoms with E-state index in [-0.39, 0.29) is 0 Å². The molecule has 0 amide bonds. The Balaban J connectivity index is 2.59. The Morgan fingerprint density at radius 2 is 1.80 bits per heavy atom. The molecule has 0 aromatic carbocycles. The van der Waals surface area contributed by atoms with Gasteiger partial charge in [-0.1, -0.05) is 40.5 Å². The maximum absolute atomic E-state index is 3.75. The van der Waals surface area contributed by atoms with Gasteiger partial charge < -0.3 is 10.2 Å². The van der Waals surface area contributed by atoms with Crippen molar-refractivity contribution in [3.8, 4) is 0 Å². The minimum absolute atomic E-state index is 0.513. The summed E-state index contributed by atoms with van der Waals surface area (Å²) in [5.41, 5.74) is 0.513. The zero-order valence-electron chi connectivity index (χ0n) is 14.8. The molecule has 1 aliphatic carbocycles. The molecule has 0 radical (unpaired) electrons. The van der Waals surface area contributed by atoms with Crippen molar-refractivity contribution in [3.63, 3.8) is 0 Å². The van der Waals surface area contributed by atoms with Crippen LogP contribution in [0.5, 0.6) is 0 Å². The second kappa shape index (κ2) is 8.38. The van der Waals surface area contributed by atoms with Gasteiger partial charge in [0, 0.05) is 19.1 Å². The van der Waals surface area contributed by atoms with E-state index < -0.39 is 0 Å². The Labute approximate surface area is 127 Å². The summed E-state index contributed by atoms with van der Waals surface area (Å²) in [5.74, 6) is 1.68. The highest BCUT2D eigenvalue weighted by atomic mass is 15.1. The Morgan fingerprint density at radius 3 is 2.30 bits per heavy atom. The fraction of sp³-hybridized carbons (Fsp3) is 1.00. The van der Waals surface area contributed by atoms with Crippen molar-refractivity contribution in [2.24, 2.45) is 17.3 Å². The molecule has 0 bridgehead atoms. The average molecular weight is 283 g/mol. The van der Waals surface area contributed by atoms with Crippen molar-refractivity contribution in [1.82, 2.24) is 10.2 Å². The lowest BCUT2D eigenvalue weighted by Crippen LogP contribution is -2.47. The first-order valence-electron chi connectivity index (χ1n) is 8.79. The van der Waals surface area contributed by atoms with Gasteiger partial charge in [-0.2, -0.15) is 0 Å². The van der Waals surface area contributed by atoms with Gasteiger partial charge in [-0.3, -0.25) is 0 Å². The van der Waals surface area contributed by atoms with E-state index in [0.29, 0.717) is 11.5 Å². The SMILES string of the molecule is CCC(C)N(C)CC1(CNCC(C)C)CCC(C)CC1. The molecule has 120 valence electrons. The lowest BCUT2D eigenvalue weighted by molar-refractivity contribution is 0.0805. The second-order valence-corrected chi connectivity index (χ2v) is 7.88. The van der Waals surface area contributed by atoms with Crippen LogP contribution in [0, 0.1) is 17.3 Å². The standard InChI is InChI=1S/C18H38N2/c1-7-17(5)20(6)14-18(13-19-12-15(2)3)10-8-16(4)9-11-18/h15-17,19H,7-14H2,1-6H3. The number of hydrogen-bond donors (Lipinski definition) is 1. The van der Waals surface area contributed by atoms with Gasteiger partial charge >= 0.3 is 0 Å². The third-order valence-corrected chi connectivity index (χ3v) is 5.32. The van der Waals surface area contributed by atoms with E-state index in [1.807, 2.05) is 0 Å². The monoisotopic (exact) mass is 282 g/mol. The zero-order valence-corrected chi connectivity index (χ0v) is 14.8. The van der Waals surface area contributed by atoms with Gasteiger partial charge in [-0.25, -0.2) is 0 Å². The van der Waals surface area contributed by atoms with Crippen LogP contribution in [0.15, 0.2) is 0 Å². The van der Waals surface area contributed by atoms with E-state index in [1.165, 1.54) is 45.2 Å². The molecule has 0 aromatic rings. The van der Waals surface area contributed by atoms with E-state index in [1.54, 1.807) is 0 Å². The zero-order chi connectivity index (χ0) is 15.2. The highest BCUT2D eigenvalue weighted by Gasteiger charge is 2.35. The number of hydrogen-bond acceptors (Lipinski definition) is 2. The quantitative estimate of drug-likeness (QED) is 0.719. The molecular weight excluding hydrogens is 244 g/mol. The summed E-state index contributed by atoms with van der Waals surface area (Å²) in [5, 5.41) is 3.75. The number of nitrogens with zero attached hydrogens (tertiary/aromatic N) is 1. The van der Waals surface area contributed by atoms with Crippen LogP contribution in [0.1, 0.15) is 66.7 Å². The van der Waals surface area contributed by atoms with Crippen LogP contribution >= 0.6 is 0 Å². The van der Waals surface area contributed by atoms with E-state index in [2.05, 4.69) is 51.9 Å². The minimum atomic E-state index is 0.513. The van der Waals surface area contributed by atoms with Crippen LogP contribution in [0.25, 0.3) is 0 Å². The maximum Gasteiger partial charge on any atom is 0.00614 e. The first kappa shape index (κ1) is 18.0. The largest absolute Gasteiger partial charge is 0.316 e. The minimum Gasteiger partial charge on any atom is -0.316 e. The molecule has 0 aromatic heterocycles. The Hall–Kier alpha value is -0.0800. The molecule has 1 saturated carbocycles. The van der Waals surface area contributed by atoms with Gasteiger partial charge in [0.2, 0.25) is 0 Å². The molecule has 1 atom stereocenters. The second-order valence-electron chi connectivity index (χ2n) is 7.88. The molecule has 2 nitrogen and oxygen atoms in total. The number of rotatable bonds is 8. The van der Waals surface area contributed by atoms with Crippen LogP contribution in [0.4, 0.5) is 0 Å². The van der Waals surface area contributed by atoms with E-state index in [4.69, 9.17) is 0 Å². The highest BCUT2D eigenvalue weighted by Crippen LogP contribution is 2.39. The molecule has 0 spiro atoms. The topological polar surface area (TPSA) is 15.3 Å². The van der Waals surface area contributed by atoms with E-state index in [0.717, 1.165) is 18.4 Å². The summed E-state index contributed by atoms with van der Waals surface area (Å²) >= 11 is 0. The molecule has 1 unspecified atom stereocenters. The smallest absolute Gasteiger partial charge is 0.00614 e. The number of nitrogens with one attached hydrogen (secondary N) is 1. The summed E-state index contributed by atoms with van der Waals surface area (Å²) in [4.78, 5) is 2.59. The van der Waals surface area contributed by atoms with Crippen LogP contribution < -0.4 is 5.32 Å². The molecule has 2 heteroatoms. The third kappa shape index (κ3) is 5.73. The molecule has 1 fully saturated rings. The van der Waals surface area contributed by atoms with Crippen LogP contribution in [-0.4, -0.2) is 37.6 Å². The van der Waals surface area contributed by atoms with Crippen LogP contribution in [0.3, 0.4) is 0 Å². The predicted molar refractivity (Wildman–Crippen MR) is 90.2 cm³/mol. The summed E-state index contributed by atoms with van der Waals surface area (Å²) in [6.07, 6.45) is 6.89. The van der Waals surface area contributed by atoms with Gasteiger partial charge in [0.25, 0.3) is 0 Å². The first-order chi connectivity index (χ1) is 9.38. The highest BCUT2D eigenvalue weighted by molar-refractivity contribution is 4.89. The summed E-state index contributed by atoms with van der Waals surface area (Å²) in [6.45, 7) is 15.3. The van der Waals surface area contributed by atoms with Gasteiger partial charge in [-0.05, 0) is 57.0 Å². The molecule has 20 heavy (non-hydrogen) atoms. The van der Waals surface area contributed by atoms with E-state index in [9.17, 15) is 0 Å². The Kier molecular flexibility index (Phi) is 7.53. The lowest BCUT2D eigenvalue weighted by atomic mass is 9.70. The summed E-state index contributed by atoms with van der Waals surface area (Å²) in [6, 6.07) is 0.705. The maximum atomic E-state index is 3.75. The molecule has 0 saturated heterocycles. The van der Waals surface area contributed by atoms with Crippen molar-refractivity contribution in [1.29, 1.82) is 0 Å². The first-order valence-corrected chi connectivity index (χ1v) is 8.79. The molecule has 1 aliphatic rings. The van der Waals surface area contributed by atoms with Crippen molar-refractivity contribution >= 4 is 0 Å². The van der Waals surface area contributed by atoms with Crippen LogP contribution in [0.2, 0.25) is 0 Å². The fourth-order valence-electron chi connectivity index (χ4n) is 3.39. The summed E-state index contributed by atoms with van der Waals surface area (Å²) in [7, 11) is 2.32. The summed E-state index contributed by atoms with van der Waals surface area (Å²) < 4.78 is 0. The van der Waals surface area contributed by atoms with Gasteiger partial charge in [-0.15, -0.1) is 0 Å². The molecular formula is C18H38N2. The van der Waals surface area contributed by atoms with Gasteiger partial charge in [0.05, 0.1) is 0 Å². The Morgan fingerprint density at radius 1 is 1.20 bits per heavy atom. The van der Waals surface area contributed by atoms with Crippen LogP contribution in [-0.2, 0) is 0 Å². The molecule has 1 rings (SSSR count). The normalized spacial score (nSPS) is 29.1. The average Bonchev–Trinajstić information content (AvgIpc) is 2.40. The van der Waals surface area contributed by atoms with Gasteiger partial charge in [0.1, 0.15) is 0 Å². The third-order valence-electron chi connectivity index (χ3n) is 5.32. The van der Waals surface area contributed by atoms with Crippen molar-refractivity contribution in [2.45, 2.75) is 72.8 Å². The van der Waals surface area contributed by atoms with Gasteiger partial charge in [0.15, 0.2) is 0 Å². The van der Waals surface area contributed by atoms with E-state index >= 15 is 0 Å². The Bertz CT molecular complexity index is 254. The predicted octanol–water partition coefficient (Wildman–Crippen LogP) is 4.16. The molecule has 1 N–H and O–H groups in total.